The van der Waals surface area contributed by atoms with E-state index in [9.17, 15) is 4.79 Å². The third-order valence-electron chi connectivity index (χ3n) is 2.05. The summed E-state index contributed by atoms with van der Waals surface area (Å²) in [5.41, 5.74) is 1.25. The first-order valence-electron chi connectivity index (χ1n) is 4.08. The highest BCUT2D eigenvalue weighted by Gasteiger charge is 2.15. The van der Waals surface area contributed by atoms with E-state index in [0.29, 0.717) is 11.4 Å². The number of hydrogen-bond donors (Lipinski definition) is 0. The fraction of sp³-hybridized carbons (Fsp3) is 0.100. The summed E-state index contributed by atoms with van der Waals surface area (Å²) in [4.78, 5) is 11.2. The second kappa shape index (κ2) is 3.35. The number of carbonyl (C=O) groups is 1. The Morgan fingerprint density at radius 3 is 2.93 bits per heavy atom. The van der Waals surface area contributed by atoms with E-state index in [0.717, 1.165) is 5.52 Å². The van der Waals surface area contributed by atoms with E-state index in [2.05, 4.69) is 0 Å². The molecule has 0 unspecified atom stereocenters. The highest BCUT2D eigenvalue weighted by atomic mass is 35.5. The number of rotatable bonds is 2. The van der Waals surface area contributed by atoms with Gasteiger partial charge in [0.05, 0.1) is 7.11 Å². The van der Waals surface area contributed by atoms with E-state index in [4.69, 9.17) is 16.3 Å². The Bertz CT molecular complexity index is 490. The average molecular weight is 210 g/mol. The van der Waals surface area contributed by atoms with Crippen LogP contribution >= 0.6 is 11.6 Å². The first-order chi connectivity index (χ1) is 6.74. The minimum atomic E-state index is -0.520. The van der Waals surface area contributed by atoms with Crippen molar-refractivity contribution in [2.45, 2.75) is 0 Å². The molecule has 0 bridgehead atoms. The number of aromatic nitrogens is 1. The monoisotopic (exact) mass is 209 g/mol. The Kier molecular flexibility index (Phi) is 2.17. The van der Waals surface area contributed by atoms with E-state index in [1.165, 1.54) is 7.11 Å². The van der Waals surface area contributed by atoms with Gasteiger partial charge in [-0.1, -0.05) is 6.07 Å². The van der Waals surface area contributed by atoms with Crippen molar-refractivity contribution in [2.75, 3.05) is 7.11 Å². The summed E-state index contributed by atoms with van der Waals surface area (Å²) in [6, 6.07) is 7.37. The Labute approximate surface area is 85.9 Å². The van der Waals surface area contributed by atoms with Crippen LogP contribution in [-0.4, -0.2) is 16.8 Å². The highest BCUT2D eigenvalue weighted by Crippen LogP contribution is 2.25. The fourth-order valence-electron chi connectivity index (χ4n) is 1.45. The second-order valence-electron chi connectivity index (χ2n) is 2.83. The average Bonchev–Trinajstić information content (AvgIpc) is 2.55. The molecule has 0 aromatic carbocycles. The maximum absolute atomic E-state index is 11.2. The van der Waals surface area contributed by atoms with Crippen molar-refractivity contribution in [3.05, 3.63) is 36.2 Å². The summed E-state index contributed by atoms with van der Waals surface area (Å²) in [7, 11) is 1.51. The zero-order valence-corrected chi connectivity index (χ0v) is 8.28. The SMILES string of the molecule is COc1cc2ccccn2c1C(=O)Cl. The van der Waals surface area contributed by atoms with Crippen LogP contribution in [0.3, 0.4) is 0 Å². The van der Waals surface area contributed by atoms with Gasteiger partial charge in [-0.15, -0.1) is 0 Å². The molecule has 0 amide bonds. The molecule has 0 saturated heterocycles. The summed E-state index contributed by atoms with van der Waals surface area (Å²) < 4.78 is 6.77. The Morgan fingerprint density at radius 1 is 1.50 bits per heavy atom. The van der Waals surface area contributed by atoms with Crippen LogP contribution in [0.2, 0.25) is 0 Å². The van der Waals surface area contributed by atoms with Crippen molar-refractivity contribution in [1.82, 2.24) is 4.40 Å². The number of hydrogen-bond acceptors (Lipinski definition) is 2. The first kappa shape index (κ1) is 9.09. The summed E-state index contributed by atoms with van der Waals surface area (Å²) in [5.74, 6) is 0.496. The van der Waals surface area contributed by atoms with Gasteiger partial charge in [0.2, 0.25) is 0 Å². The van der Waals surface area contributed by atoms with E-state index in [1.54, 1.807) is 16.7 Å². The van der Waals surface area contributed by atoms with Gasteiger partial charge in [0.1, 0.15) is 11.4 Å². The maximum atomic E-state index is 11.2. The second-order valence-corrected chi connectivity index (χ2v) is 3.17. The molecule has 0 radical (unpaired) electrons. The van der Waals surface area contributed by atoms with Gasteiger partial charge in [0.15, 0.2) is 0 Å². The third-order valence-corrected chi connectivity index (χ3v) is 2.23. The van der Waals surface area contributed by atoms with E-state index in [1.807, 2.05) is 18.2 Å². The van der Waals surface area contributed by atoms with Crippen LogP contribution in [0.15, 0.2) is 30.5 Å². The predicted molar refractivity (Wildman–Crippen MR) is 54.1 cm³/mol. The van der Waals surface area contributed by atoms with Gasteiger partial charge in [-0.2, -0.15) is 0 Å². The lowest BCUT2D eigenvalue weighted by Gasteiger charge is -1.99. The third kappa shape index (κ3) is 1.26. The summed E-state index contributed by atoms with van der Waals surface area (Å²) in [6.45, 7) is 0. The first-order valence-corrected chi connectivity index (χ1v) is 4.45. The molecular weight excluding hydrogens is 202 g/mol. The molecule has 0 N–H and O–H groups in total. The molecule has 72 valence electrons. The van der Waals surface area contributed by atoms with Gasteiger partial charge in [0, 0.05) is 17.8 Å². The van der Waals surface area contributed by atoms with Crippen molar-refractivity contribution in [1.29, 1.82) is 0 Å². The van der Waals surface area contributed by atoms with Crippen molar-refractivity contribution in [3.63, 3.8) is 0 Å². The van der Waals surface area contributed by atoms with Crippen LogP contribution in [0.4, 0.5) is 0 Å². The van der Waals surface area contributed by atoms with Crippen molar-refractivity contribution in [3.8, 4) is 5.75 Å². The Morgan fingerprint density at radius 2 is 2.29 bits per heavy atom. The van der Waals surface area contributed by atoms with Crippen LogP contribution in [0.1, 0.15) is 10.5 Å². The molecule has 0 atom stereocenters. The van der Waals surface area contributed by atoms with Gasteiger partial charge in [0.25, 0.3) is 5.24 Å². The molecule has 2 aromatic heterocycles. The Hall–Kier alpha value is -1.48. The molecule has 0 aliphatic carbocycles. The summed E-state index contributed by atoms with van der Waals surface area (Å²) in [5, 5.41) is -0.520. The zero-order chi connectivity index (χ0) is 10.1. The van der Waals surface area contributed by atoms with Crippen molar-refractivity contribution in [2.24, 2.45) is 0 Å². The van der Waals surface area contributed by atoms with Gasteiger partial charge in [-0.05, 0) is 23.7 Å². The minimum absolute atomic E-state index is 0.366. The van der Waals surface area contributed by atoms with Crippen LogP contribution in [0, 0.1) is 0 Å². The molecule has 0 spiro atoms. The summed E-state index contributed by atoms with van der Waals surface area (Å²) in [6.07, 6.45) is 1.77. The molecule has 2 heterocycles. The van der Waals surface area contributed by atoms with E-state index >= 15 is 0 Å². The van der Waals surface area contributed by atoms with Gasteiger partial charge >= 0.3 is 0 Å². The molecule has 0 fully saturated rings. The number of methoxy groups -OCH3 is 1. The van der Waals surface area contributed by atoms with Crippen LogP contribution in [0.5, 0.6) is 5.75 Å². The van der Waals surface area contributed by atoms with E-state index in [-0.39, 0.29) is 0 Å². The lowest BCUT2D eigenvalue weighted by atomic mass is 10.4. The number of pyridine rings is 1. The molecule has 0 aliphatic heterocycles. The molecule has 14 heavy (non-hydrogen) atoms. The number of nitrogens with zero attached hydrogens (tertiary/aromatic N) is 1. The molecule has 4 heteroatoms. The highest BCUT2D eigenvalue weighted by molar-refractivity contribution is 6.67. The van der Waals surface area contributed by atoms with Crippen LogP contribution in [0.25, 0.3) is 5.52 Å². The number of carbonyl (C=O) groups excluding carboxylic acids is 1. The lowest BCUT2D eigenvalue weighted by molar-refractivity contribution is 0.107. The number of halogens is 1. The molecular formula is C10H8ClNO2. The normalized spacial score (nSPS) is 10.4. The molecule has 2 rings (SSSR count). The fourth-order valence-corrected chi connectivity index (χ4v) is 1.63. The maximum Gasteiger partial charge on any atom is 0.273 e. The standard InChI is InChI=1S/C10H8ClNO2/c1-14-8-6-7-4-2-3-5-12(7)9(8)10(11)13/h2-6H,1H3. The number of ether oxygens (including phenoxy) is 1. The van der Waals surface area contributed by atoms with Crippen molar-refractivity contribution < 1.29 is 9.53 Å². The molecule has 2 aromatic rings. The van der Waals surface area contributed by atoms with Crippen LogP contribution in [-0.2, 0) is 0 Å². The zero-order valence-electron chi connectivity index (χ0n) is 7.53. The lowest BCUT2D eigenvalue weighted by Crippen LogP contribution is -1.98. The molecule has 0 saturated carbocycles. The molecule has 0 aliphatic rings. The van der Waals surface area contributed by atoms with Gasteiger partial charge < -0.3 is 9.14 Å². The van der Waals surface area contributed by atoms with Crippen molar-refractivity contribution >= 4 is 22.4 Å². The number of fused-ring (bicyclic) bond motifs is 1. The van der Waals surface area contributed by atoms with E-state index < -0.39 is 5.24 Å². The van der Waals surface area contributed by atoms with Gasteiger partial charge in [-0.3, -0.25) is 4.79 Å². The largest absolute Gasteiger partial charge is 0.494 e. The minimum Gasteiger partial charge on any atom is -0.494 e. The van der Waals surface area contributed by atoms with Crippen LogP contribution < -0.4 is 4.74 Å². The topological polar surface area (TPSA) is 30.7 Å². The summed E-state index contributed by atoms with van der Waals surface area (Å²) >= 11 is 5.47. The predicted octanol–water partition coefficient (Wildman–Crippen LogP) is 2.33. The Balaban J connectivity index is 2.81. The quantitative estimate of drug-likeness (QED) is 0.711. The molecule has 3 nitrogen and oxygen atoms in total. The smallest absolute Gasteiger partial charge is 0.273 e. The van der Waals surface area contributed by atoms with Gasteiger partial charge in [-0.25, -0.2) is 0 Å².